The summed E-state index contributed by atoms with van der Waals surface area (Å²) in [7, 11) is 0. The summed E-state index contributed by atoms with van der Waals surface area (Å²) in [5.74, 6) is -1.86. The summed E-state index contributed by atoms with van der Waals surface area (Å²) in [6, 6.07) is 12.8. The summed E-state index contributed by atoms with van der Waals surface area (Å²) < 4.78 is 5.47. The monoisotopic (exact) mass is 299 g/mol. The minimum Gasteiger partial charge on any atom is -0.501 e. The van der Waals surface area contributed by atoms with Gasteiger partial charge in [-0.05, 0) is 17.7 Å². The van der Waals surface area contributed by atoms with E-state index in [2.05, 4.69) is 0 Å². The standard InChI is InChI=1S/C16H13NO5/c1-16(13(19)12(18)14(22-16)17-15(20)21)11-8-4-6-9-5-2-3-7-10(9)11/h2-8,17-18H,1H3,(H,20,21). The van der Waals surface area contributed by atoms with E-state index in [0.717, 1.165) is 10.8 Å². The fraction of sp³-hybridized carbons (Fsp3) is 0.125. The summed E-state index contributed by atoms with van der Waals surface area (Å²) >= 11 is 0. The molecule has 0 saturated carbocycles. The van der Waals surface area contributed by atoms with Crippen LogP contribution in [0.2, 0.25) is 0 Å². The van der Waals surface area contributed by atoms with Gasteiger partial charge in [-0.15, -0.1) is 0 Å². The first-order valence-electron chi connectivity index (χ1n) is 6.59. The number of Topliss-reactive ketones (excluding diaryl/α,β-unsaturated/α-hetero) is 1. The zero-order valence-corrected chi connectivity index (χ0v) is 11.7. The molecule has 6 heteroatoms. The van der Waals surface area contributed by atoms with Crippen molar-refractivity contribution >= 4 is 22.6 Å². The van der Waals surface area contributed by atoms with Crippen LogP contribution >= 0.6 is 0 Å². The number of aliphatic hydroxyl groups is 1. The topological polar surface area (TPSA) is 95.9 Å². The Morgan fingerprint density at radius 2 is 1.86 bits per heavy atom. The first-order chi connectivity index (χ1) is 10.4. The number of benzene rings is 2. The van der Waals surface area contributed by atoms with E-state index in [1.807, 2.05) is 35.6 Å². The van der Waals surface area contributed by atoms with Crippen molar-refractivity contribution in [1.29, 1.82) is 0 Å². The largest absolute Gasteiger partial charge is 0.501 e. The van der Waals surface area contributed by atoms with Crippen LogP contribution in [0.5, 0.6) is 0 Å². The molecule has 1 aliphatic rings. The maximum absolute atomic E-state index is 12.4. The Bertz CT molecular complexity index is 821. The Morgan fingerprint density at radius 3 is 2.59 bits per heavy atom. The van der Waals surface area contributed by atoms with E-state index < -0.39 is 29.1 Å². The van der Waals surface area contributed by atoms with Gasteiger partial charge in [0.15, 0.2) is 5.60 Å². The summed E-state index contributed by atoms with van der Waals surface area (Å²) in [4.78, 5) is 23.1. The molecule has 0 aromatic heterocycles. The van der Waals surface area contributed by atoms with Crippen molar-refractivity contribution in [3.63, 3.8) is 0 Å². The molecule has 0 spiro atoms. The molecule has 0 fully saturated rings. The van der Waals surface area contributed by atoms with Crippen molar-refractivity contribution in [2.24, 2.45) is 0 Å². The second kappa shape index (κ2) is 4.77. The molecule has 2 aromatic carbocycles. The van der Waals surface area contributed by atoms with E-state index in [0.29, 0.717) is 5.56 Å². The van der Waals surface area contributed by atoms with Gasteiger partial charge < -0.3 is 14.9 Å². The van der Waals surface area contributed by atoms with Crippen LogP contribution in [0.1, 0.15) is 12.5 Å². The van der Waals surface area contributed by atoms with Crippen LogP contribution in [0.3, 0.4) is 0 Å². The molecule has 0 saturated heterocycles. The number of aliphatic hydroxyl groups excluding tert-OH is 1. The molecule has 3 N–H and O–H groups in total. The van der Waals surface area contributed by atoms with Gasteiger partial charge in [-0.25, -0.2) is 4.79 Å². The smallest absolute Gasteiger partial charge is 0.411 e. The van der Waals surface area contributed by atoms with Gasteiger partial charge in [-0.2, -0.15) is 0 Å². The predicted octanol–water partition coefficient (Wildman–Crippen LogP) is 2.65. The van der Waals surface area contributed by atoms with Crippen molar-refractivity contribution in [2.45, 2.75) is 12.5 Å². The van der Waals surface area contributed by atoms with Gasteiger partial charge in [0.1, 0.15) is 0 Å². The third kappa shape index (κ3) is 1.96. The van der Waals surface area contributed by atoms with Crippen molar-refractivity contribution in [3.05, 3.63) is 59.7 Å². The first kappa shape index (κ1) is 13.9. The van der Waals surface area contributed by atoms with Gasteiger partial charge >= 0.3 is 6.09 Å². The average Bonchev–Trinajstić information content (AvgIpc) is 2.71. The minimum absolute atomic E-state index is 0.451. The fourth-order valence-corrected chi connectivity index (χ4v) is 2.63. The molecule has 1 heterocycles. The molecule has 1 unspecified atom stereocenters. The van der Waals surface area contributed by atoms with E-state index in [1.165, 1.54) is 6.92 Å². The van der Waals surface area contributed by atoms with Crippen LogP contribution in [0.15, 0.2) is 54.1 Å². The lowest BCUT2D eigenvalue weighted by Gasteiger charge is -2.24. The Labute approximate surface area is 125 Å². The number of ketones is 1. The summed E-state index contributed by atoms with van der Waals surface area (Å²) in [5, 5.41) is 22.2. The zero-order valence-electron chi connectivity index (χ0n) is 11.7. The lowest BCUT2D eigenvalue weighted by Crippen LogP contribution is -2.32. The Hall–Kier alpha value is -3.02. The highest BCUT2D eigenvalue weighted by atomic mass is 16.5. The molecule has 1 aliphatic heterocycles. The number of carbonyl (C=O) groups excluding carboxylic acids is 1. The van der Waals surface area contributed by atoms with Crippen LogP contribution in [0.25, 0.3) is 10.8 Å². The normalized spacial score (nSPS) is 21.0. The molecule has 0 aliphatic carbocycles. The van der Waals surface area contributed by atoms with Crippen molar-refractivity contribution in [2.75, 3.05) is 0 Å². The minimum atomic E-state index is -1.48. The first-order valence-corrected chi connectivity index (χ1v) is 6.59. The number of hydrogen-bond donors (Lipinski definition) is 3. The number of rotatable bonds is 2. The summed E-state index contributed by atoms with van der Waals surface area (Å²) in [6.07, 6.45) is -1.42. The molecule has 22 heavy (non-hydrogen) atoms. The molecule has 1 amide bonds. The Balaban J connectivity index is 2.12. The molecule has 0 radical (unpaired) electrons. The quantitative estimate of drug-likeness (QED) is 0.792. The molecule has 1 atom stereocenters. The van der Waals surface area contributed by atoms with Gasteiger partial charge in [0.05, 0.1) is 0 Å². The predicted molar refractivity (Wildman–Crippen MR) is 78.2 cm³/mol. The van der Waals surface area contributed by atoms with Crippen LogP contribution in [-0.2, 0) is 15.1 Å². The SMILES string of the molecule is CC1(c2cccc3ccccc23)OC(NC(=O)O)=C(O)C1=O. The molecular weight excluding hydrogens is 286 g/mol. The number of ether oxygens (including phenoxy) is 1. The lowest BCUT2D eigenvalue weighted by atomic mass is 9.88. The number of amides is 1. The van der Waals surface area contributed by atoms with Crippen LogP contribution in [-0.4, -0.2) is 22.1 Å². The maximum Gasteiger partial charge on any atom is 0.411 e. The highest BCUT2D eigenvalue weighted by molar-refractivity contribution is 6.05. The van der Waals surface area contributed by atoms with E-state index in [1.54, 1.807) is 12.1 Å². The third-order valence-corrected chi connectivity index (χ3v) is 3.69. The van der Waals surface area contributed by atoms with Crippen molar-refractivity contribution in [1.82, 2.24) is 5.32 Å². The molecule has 112 valence electrons. The average molecular weight is 299 g/mol. The highest BCUT2D eigenvalue weighted by Crippen LogP contribution is 2.39. The van der Waals surface area contributed by atoms with Crippen LogP contribution < -0.4 is 5.32 Å². The van der Waals surface area contributed by atoms with Gasteiger partial charge in [0.25, 0.3) is 5.78 Å². The number of hydrogen-bond acceptors (Lipinski definition) is 4. The van der Waals surface area contributed by atoms with Gasteiger partial charge in [0, 0.05) is 5.56 Å². The second-order valence-corrected chi connectivity index (χ2v) is 5.10. The van der Waals surface area contributed by atoms with Crippen molar-refractivity contribution < 1.29 is 24.5 Å². The van der Waals surface area contributed by atoms with E-state index in [-0.39, 0.29) is 0 Å². The van der Waals surface area contributed by atoms with E-state index in [4.69, 9.17) is 9.84 Å². The third-order valence-electron chi connectivity index (χ3n) is 3.69. The zero-order chi connectivity index (χ0) is 15.9. The number of fused-ring (bicyclic) bond motifs is 1. The summed E-state index contributed by atoms with van der Waals surface area (Å²) in [6.45, 7) is 1.50. The number of carbonyl (C=O) groups is 2. The molecule has 6 nitrogen and oxygen atoms in total. The molecule has 2 aromatic rings. The Kier molecular flexibility index (Phi) is 3.02. The van der Waals surface area contributed by atoms with Gasteiger partial charge in [-0.3, -0.25) is 10.1 Å². The second-order valence-electron chi connectivity index (χ2n) is 5.10. The van der Waals surface area contributed by atoms with Gasteiger partial charge in [0.2, 0.25) is 11.6 Å². The summed E-state index contributed by atoms with van der Waals surface area (Å²) in [5.41, 5.74) is -0.924. The number of nitrogens with one attached hydrogen (secondary N) is 1. The Morgan fingerprint density at radius 1 is 1.18 bits per heavy atom. The lowest BCUT2D eigenvalue weighted by molar-refractivity contribution is -0.131. The highest BCUT2D eigenvalue weighted by Gasteiger charge is 2.49. The number of carboxylic acid groups (broad SMARTS) is 1. The molecule has 0 bridgehead atoms. The van der Waals surface area contributed by atoms with Crippen LogP contribution in [0, 0.1) is 0 Å². The molecular formula is C16H13NO5. The van der Waals surface area contributed by atoms with Crippen LogP contribution in [0.4, 0.5) is 4.79 Å². The van der Waals surface area contributed by atoms with E-state index in [9.17, 15) is 14.7 Å². The molecule has 3 rings (SSSR count). The van der Waals surface area contributed by atoms with Crippen molar-refractivity contribution in [3.8, 4) is 0 Å². The van der Waals surface area contributed by atoms with Gasteiger partial charge in [-0.1, -0.05) is 42.5 Å². The maximum atomic E-state index is 12.4. The fourth-order valence-electron chi connectivity index (χ4n) is 2.63. The van der Waals surface area contributed by atoms with E-state index >= 15 is 0 Å².